The van der Waals surface area contributed by atoms with Crippen LogP contribution in [0.4, 0.5) is 0 Å². The molecule has 0 aromatic heterocycles. The molecule has 1 heterocycles. The monoisotopic (exact) mass is 358 g/mol. The maximum Gasteiger partial charge on any atom is 0.119 e. The molecule has 4 heteroatoms. The van der Waals surface area contributed by atoms with Gasteiger partial charge in [0.25, 0.3) is 0 Å². The fraction of sp³-hybridized carbons (Fsp3) is 0.625. The van der Waals surface area contributed by atoms with Crippen LogP contribution in [0, 0.1) is 11.3 Å². The molecule has 1 saturated carbocycles. The average Bonchev–Trinajstić information content (AvgIpc) is 3.23. The first-order valence-corrected chi connectivity index (χ1v) is 8.51. The SMILES string of the molecule is COc1ccc(Br)c(CC2(CCl)CCOC2C2CC2)c1. The molecular weight excluding hydrogens is 340 g/mol. The largest absolute Gasteiger partial charge is 0.497 e. The fourth-order valence-electron chi connectivity index (χ4n) is 3.32. The average molecular weight is 360 g/mol. The van der Waals surface area contributed by atoms with Gasteiger partial charge in [0.1, 0.15) is 5.75 Å². The zero-order chi connectivity index (χ0) is 14.2. The fourth-order valence-corrected chi connectivity index (χ4v) is 4.08. The van der Waals surface area contributed by atoms with Gasteiger partial charge in [-0.05, 0) is 55.4 Å². The van der Waals surface area contributed by atoms with Crippen molar-refractivity contribution in [2.45, 2.75) is 31.8 Å². The van der Waals surface area contributed by atoms with Crippen molar-refractivity contribution in [3.05, 3.63) is 28.2 Å². The Kier molecular flexibility index (Phi) is 4.30. The normalized spacial score (nSPS) is 29.6. The van der Waals surface area contributed by atoms with Gasteiger partial charge in [0.15, 0.2) is 0 Å². The number of hydrogen-bond acceptors (Lipinski definition) is 2. The molecule has 2 nitrogen and oxygen atoms in total. The molecule has 1 aromatic rings. The van der Waals surface area contributed by atoms with Crippen molar-refractivity contribution in [2.24, 2.45) is 11.3 Å². The number of halogens is 2. The molecule has 2 unspecified atom stereocenters. The predicted molar refractivity (Wildman–Crippen MR) is 84.6 cm³/mol. The molecule has 2 aliphatic rings. The summed E-state index contributed by atoms with van der Waals surface area (Å²) in [6, 6.07) is 6.14. The minimum Gasteiger partial charge on any atom is -0.497 e. The van der Waals surface area contributed by atoms with Gasteiger partial charge in [0.05, 0.1) is 13.2 Å². The number of methoxy groups -OCH3 is 1. The van der Waals surface area contributed by atoms with Crippen LogP contribution < -0.4 is 4.74 Å². The number of benzene rings is 1. The summed E-state index contributed by atoms with van der Waals surface area (Å²) in [5.41, 5.74) is 1.35. The summed E-state index contributed by atoms with van der Waals surface area (Å²) in [6.07, 6.45) is 4.93. The van der Waals surface area contributed by atoms with Gasteiger partial charge in [-0.25, -0.2) is 0 Å². The summed E-state index contributed by atoms with van der Waals surface area (Å²) < 4.78 is 12.5. The lowest BCUT2D eigenvalue weighted by molar-refractivity contribution is 0.0402. The molecule has 0 radical (unpaired) electrons. The Morgan fingerprint density at radius 1 is 1.45 bits per heavy atom. The second-order valence-corrected chi connectivity index (χ2v) is 7.13. The highest BCUT2D eigenvalue weighted by Gasteiger charge is 2.50. The minimum atomic E-state index is 0.0810. The first kappa shape index (κ1) is 14.7. The summed E-state index contributed by atoms with van der Waals surface area (Å²) in [5, 5.41) is 0. The maximum atomic E-state index is 6.38. The van der Waals surface area contributed by atoms with Crippen molar-refractivity contribution in [3.8, 4) is 5.75 Å². The number of ether oxygens (including phenoxy) is 2. The first-order chi connectivity index (χ1) is 9.68. The Balaban J connectivity index is 1.87. The van der Waals surface area contributed by atoms with Crippen LogP contribution in [0.5, 0.6) is 5.75 Å². The van der Waals surface area contributed by atoms with Gasteiger partial charge in [-0.2, -0.15) is 0 Å². The van der Waals surface area contributed by atoms with Gasteiger partial charge in [0.2, 0.25) is 0 Å². The first-order valence-electron chi connectivity index (χ1n) is 7.18. The summed E-state index contributed by atoms with van der Waals surface area (Å²) >= 11 is 10.0. The van der Waals surface area contributed by atoms with Crippen LogP contribution in [0.1, 0.15) is 24.8 Å². The van der Waals surface area contributed by atoms with Crippen LogP contribution in [0.2, 0.25) is 0 Å². The molecular formula is C16H20BrClO2. The molecule has 1 saturated heterocycles. The van der Waals surface area contributed by atoms with Crippen LogP contribution in [-0.2, 0) is 11.2 Å². The van der Waals surface area contributed by atoms with E-state index >= 15 is 0 Å². The summed E-state index contributed by atoms with van der Waals surface area (Å²) in [5.74, 6) is 2.29. The Labute approximate surface area is 133 Å². The lowest BCUT2D eigenvalue weighted by atomic mass is 9.75. The summed E-state index contributed by atoms with van der Waals surface area (Å²) in [7, 11) is 1.70. The smallest absolute Gasteiger partial charge is 0.119 e. The third-order valence-corrected chi connectivity index (χ3v) is 5.92. The predicted octanol–water partition coefficient (Wildman–Crippen LogP) is 4.42. The molecule has 2 fully saturated rings. The van der Waals surface area contributed by atoms with E-state index in [1.807, 2.05) is 6.07 Å². The van der Waals surface area contributed by atoms with E-state index in [-0.39, 0.29) is 5.41 Å². The number of hydrogen-bond donors (Lipinski definition) is 0. The zero-order valence-electron chi connectivity index (χ0n) is 11.7. The number of alkyl halides is 1. The van der Waals surface area contributed by atoms with E-state index in [0.29, 0.717) is 12.0 Å². The van der Waals surface area contributed by atoms with Gasteiger partial charge in [0, 0.05) is 22.4 Å². The van der Waals surface area contributed by atoms with E-state index in [2.05, 4.69) is 28.1 Å². The molecule has 0 N–H and O–H groups in total. The molecule has 1 aromatic carbocycles. The molecule has 0 bridgehead atoms. The van der Waals surface area contributed by atoms with Crippen molar-refractivity contribution in [1.29, 1.82) is 0 Å². The van der Waals surface area contributed by atoms with Crippen LogP contribution in [0.3, 0.4) is 0 Å². The van der Waals surface area contributed by atoms with E-state index in [9.17, 15) is 0 Å². The molecule has 0 spiro atoms. The Bertz CT molecular complexity index is 489. The van der Waals surface area contributed by atoms with E-state index in [4.69, 9.17) is 21.1 Å². The van der Waals surface area contributed by atoms with Gasteiger partial charge in [-0.1, -0.05) is 15.9 Å². The van der Waals surface area contributed by atoms with E-state index in [1.165, 1.54) is 18.4 Å². The molecule has 0 amide bonds. The van der Waals surface area contributed by atoms with Crippen molar-refractivity contribution in [1.82, 2.24) is 0 Å². The van der Waals surface area contributed by atoms with Crippen LogP contribution in [0.25, 0.3) is 0 Å². The maximum absolute atomic E-state index is 6.38. The topological polar surface area (TPSA) is 18.5 Å². The van der Waals surface area contributed by atoms with Gasteiger partial charge < -0.3 is 9.47 Å². The Morgan fingerprint density at radius 3 is 2.90 bits per heavy atom. The standard InChI is InChI=1S/C16H20BrClO2/c1-19-13-4-5-14(17)12(8-13)9-16(10-18)6-7-20-15(16)11-2-3-11/h4-5,8,11,15H,2-3,6-7,9-10H2,1H3. The molecule has 2 atom stereocenters. The summed E-state index contributed by atoms with van der Waals surface area (Å²) in [4.78, 5) is 0. The molecule has 110 valence electrons. The highest BCUT2D eigenvalue weighted by atomic mass is 79.9. The third-order valence-electron chi connectivity index (χ3n) is 4.61. The van der Waals surface area contributed by atoms with Crippen molar-refractivity contribution in [3.63, 3.8) is 0 Å². The minimum absolute atomic E-state index is 0.0810. The van der Waals surface area contributed by atoms with Gasteiger partial charge in [-0.15, -0.1) is 11.6 Å². The van der Waals surface area contributed by atoms with E-state index < -0.39 is 0 Å². The Hall–Kier alpha value is -0.250. The molecule has 1 aliphatic heterocycles. The van der Waals surface area contributed by atoms with Crippen LogP contribution in [0.15, 0.2) is 22.7 Å². The van der Waals surface area contributed by atoms with Crippen molar-refractivity contribution >= 4 is 27.5 Å². The number of rotatable bonds is 5. The van der Waals surface area contributed by atoms with Crippen molar-refractivity contribution < 1.29 is 9.47 Å². The second kappa shape index (κ2) is 5.86. The molecule has 1 aliphatic carbocycles. The van der Waals surface area contributed by atoms with E-state index in [1.54, 1.807) is 7.11 Å². The molecule has 20 heavy (non-hydrogen) atoms. The quantitative estimate of drug-likeness (QED) is 0.724. The Morgan fingerprint density at radius 2 is 2.25 bits per heavy atom. The van der Waals surface area contributed by atoms with Crippen molar-refractivity contribution in [2.75, 3.05) is 19.6 Å². The van der Waals surface area contributed by atoms with Crippen LogP contribution >= 0.6 is 27.5 Å². The highest BCUT2D eigenvalue weighted by Crippen LogP contribution is 2.50. The zero-order valence-corrected chi connectivity index (χ0v) is 14.0. The highest BCUT2D eigenvalue weighted by molar-refractivity contribution is 9.10. The van der Waals surface area contributed by atoms with Crippen LogP contribution in [-0.4, -0.2) is 25.7 Å². The van der Waals surface area contributed by atoms with E-state index in [0.717, 1.165) is 35.6 Å². The lowest BCUT2D eigenvalue weighted by Crippen LogP contribution is -2.36. The van der Waals surface area contributed by atoms with Gasteiger partial charge >= 0.3 is 0 Å². The second-order valence-electron chi connectivity index (χ2n) is 6.01. The summed E-state index contributed by atoms with van der Waals surface area (Å²) in [6.45, 7) is 0.843. The van der Waals surface area contributed by atoms with Gasteiger partial charge in [-0.3, -0.25) is 0 Å². The molecule has 3 rings (SSSR count). The third kappa shape index (κ3) is 2.72. The lowest BCUT2D eigenvalue weighted by Gasteiger charge is -2.33.